The van der Waals surface area contributed by atoms with Crippen molar-refractivity contribution in [2.45, 2.75) is 56.8 Å². The van der Waals surface area contributed by atoms with E-state index in [-0.39, 0.29) is 30.5 Å². The maximum atomic E-state index is 14.8. The van der Waals surface area contributed by atoms with Crippen molar-refractivity contribution in [3.8, 4) is 0 Å². The van der Waals surface area contributed by atoms with E-state index in [9.17, 15) is 19.1 Å². The van der Waals surface area contributed by atoms with Gasteiger partial charge in [0.25, 0.3) is 5.91 Å². The number of carbonyl (C=O) groups is 2. The average molecular weight is 483 g/mol. The molecule has 1 aliphatic heterocycles. The van der Waals surface area contributed by atoms with Gasteiger partial charge in [0.2, 0.25) is 5.91 Å². The second-order valence-electron chi connectivity index (χ2n) is 9.71. The monoisotopic (exact) mass is 482 g/mol. The van der Waals surface area contributed by atoms with Gasteiger partial charge in [0.1, 0.15) is 5.82 Å². The molecule has 0 spiro atoms. The lowest BCUT2D eigenvalue weighted by molar-refractivity contribution is -0.131. The van der Waals surface area contributed by atoms with Gasteiger partial charge >= 0.3 is 0 Å². The van der Waals surface area contributed by atoms with Crippen LogP contribution >= 0.6 is 0 Å². The molecule has 8 nitrogen and oxygen atoms in total. The van der Waals surface area contributed by atoms with Crippen LogP contribution < -0.4 is 11.1 Å². The Labute approximate surface area is 204 Å². The van der Waals surface area contributed by atoms with Gasteiger partial charge in [0, 0.05) is 25.7 Å². The van der Waals surface area contributed by atoms with Gasteiger partial charge in [-0.05, 0) is 55.2 Å². The summed E-state index contributed by atoms with van der Waals surface area (Å²) >= 11 is 0. The van der Waals surface area contributed by atoms with Gasteiger partial charge in [-0.25, -0.2) is 9.38 Å². The molecular formula is C26H31FN4O4. The van der Waals surface area contributed by atoms with Crippen molar-refractivity contribution < 1.29 is 23.8 Å². The molecule has 3 atom stereocenters. The number of methoxy groups -OCH3 is 1. The number of aliphatic imine (C=N–C) groups is 1. The third-order valence-corrected chi connectivity index (χ3v) is 6.48. The van der Waals surface area contributed by atoms with E-state index >= 15 is 0 Å². The first kappa shape index (κ1) is 24.8. The number of nitrogens with two attached hydrogens (primary N) is 1. The van der Waals surface area contributed by atoms with Crippen molar-refractivity contribution >= 4 is 17.8 Å². The molecule has 186 valence electrons. The van der Waals surface area contributed by atoms with Gasteiger partial charge in [0.05, 0.1) is 30.1 Å². The van der Waals surface area contributed by atoms with Crippen LogP contribution in [0.2, 0.25) is 0 Å². The number of halogens is 1. The Bertz CT molecular complexity index is 1170. The second kappa shape index (κ2) is 9.75. The van der Waals surface area contributed by atoms with Crippen molar-refractivity contribution in [3.05, 3.63) is 70.5 Å². The summed E-state index contributed by atoms with van der Waals surface area (Å²) in [6, 6.07) is 10.2. The third-order valence-electron chi connectivity index (χ3n) is 6.48. The number of guanidine groups is 1. The van der Waals surface area contributed by atoms with Gasteiger partial charge in [-0.15, -0.1) is 0 Å². The molecule has 4 rings (SSSR count). The molecule has 1 aliphatic carbocycles. The Hall–Kier alpha value is -3.30. The number of hydrogen-bond donors (Lipinski definition) is 3. The topological polar surface area (TPSA) is 117 Å². The van der Waals surface area contributed by atoms with E-state index < -0.39 is 35.5 Å². The Balaban J connectivity index is 1.65. The van der Waals surface area contributed by atoms with Gasteiger partial charge in [0.15, 0.2) is 5.96 Å². The fourth-order valence-corrected chi connectivity index (χ4v) is 4.90. The number of benzene rings is 2. The summed E-state index contributed by atoms with van der Waals surface area (Å²) < 4.78 is 20.0. The van der Waals surface area contributed by atoms with Crippen molar-refractivity contribution in [3.63, 3.8) is 0 Å². The van der Waals surface area contributed by atoms with Crippen molar-refractivity contribution in [2.24, 2.45) is 10.7 Å². The van der Waals surface area contributed by atoms with Crippen LogP contribution in [0.1, 0.15) is 65.8 Å². The Kier molecular flexibility index (Phi) is 6.91. The number of hydrogen-bond acceptors (Lipinski definition) is 6. The highest BCUT2D eigenvalue weighted by Crippen LogP contribution is 2.33. The summed E-state index contributed by atoms with van der Waals surface area (Å²) in [4.78, 5) is 31.9. The predicted octanol–water partition coefficient (Wildman–Crippen LogP) is 2.62. The zero-order valence-electron chi connectivity index (χ0n) is 20.1. The van der Waals surface area contributed by atoms with Crippen LogP contribution in [-0.4, -0.2) is 53.1 Å². The average Bonchev–Trinajstić information content (AvgIpc) is 3.09. The fraction of sp³-hybridized carbons (Fsp3) is 0.423. The Morgan fingerprint density at radius 1 is 1.34 bits per heavy atom. The number of nitrogens with one attached hydrogen (secondary N) is 1. The molecule has 2 aromatic rings. The van der Waals surface area contributed by atoms with E-state index in [1.54, 1.807) is 6.07 Å². The minimum Gasteiger partial charge on any atom is -0.390 e. The first-order valence-electron chi connectivity index (χ1n) is 11.6. The lowest BCUT2D eigenvalue weighted by atomic mass is 9.94. The van der Waals surface area contributed by atoms with Crippen molar-refractivity contribution in [1.82, 2.24) is 10.2 Å². The molecule has 0 unspecified atom stereocenters. The number of aliphatic hydroxyl groups is 1. The minimum absolute atomic E-state index is 0.0494. The van der Waals surface area contributed by atoms with E-state index in [1.165, 1.54) is 18.1 Å². The number of ether oxygens (including phenoxy) is 1. The van der Waals surface area contributed by atoms with Crippen molar-refractivity contribution in [1.29, 1.82) is 0 Å². The van der Waals surface area contributed by atoms with Crippen LogP contribution in [-0.2, 0) is 16.0 Å². The molecule has 0 bridgehead atoms. The van der Waals surface area contributed by atoms with Gasteiger partial charge < -0.3 is 20.9 Å². The highest BCUT2D eigenvalue weighted by Gasteiger charge is 2.37. The molecule has 2 aliphatic rings. The number of rotatable bonds is 7. The first-order valence-corrected chi connectivity index (χ1v) is 11.6. The summed E-state index contributed by atoms with van der Waals surface area (Å²) in [5, 5.41) is 13.3. The number of nitrogens with zero attached hydrogens (tertiary/aromatic N) is 2. The summed E-state index contributed by atoms with van der Waals surface area (Å²) in [5.74, 6) is -1.33. The van der Waals surface area contributed by atoms with Crippen LogP contribution in [0.5, 0.6) is 0 Å². The first-order chi connectivity index (χ1) is 16.6. The lowest BCUT2D eigenvalue weighted by Gasteiger charge is -2.38. The maximum Gasteiger partial charge on any atom is 0.251 e. The molecule has 9 heteroatoms. The molecule has 35 heavy (non-hydrogen) atoms. The number of carbonyl (C=O) groups excluding carboxylic acids is 2. The van der Waals surface area contributed by atoms with E-state index in [1.807, 2.05) is 38.1 Å². The van der Waals surface area contributed by atoms with E-state index in [2.05, 4.69) is 10.3 Å². The van der Waals surface area contributed by atoms with Gasteiger partial charge in [-0.1, -0.05) is 24.3 Å². The second-order valence-corrected chi connectivity index (χ2v) is 9.71. The molecule has 2 amide bonds. The molecule has 0 radical (unpaired) electrons. The summed E-state index contributed by atoms with van der Waals surface area (Å²) in [6.07, 6.45) is 0.140. The zero-order valence-corrected chi connectivity index (χ0v) is 20.1. The lowest BCUT2D eigenvalue weighted by Crippen LogP contribution is -2.51. The molecule has 0 fully saturated rings. The van der Waals surface area contributed by atoms with E-state index in [0.717, 1.165) is 17.2 Å². The van der Waals surface area contributed by atoms with E-state index in [0.29, 0.717) is 18.4 Å². The smallest absolute Gasteiger partial charge is 0.251 e. The fourth-order valence-electron chi connectivity index (χ4n) is 4.90. The standard InChI is InChI=1S/C26H31FN4O4/c1-26(2)14-22(33)31(25(28)30-26)20(8-9-35-3)16-10-17(12-18(27)11-16)24(34)29-23-19-7-5-4-6-15(19)13-21(23)32/h4-7,10-12,20-21,23,32H,8-9,13-14H2,1-3H3,(H2,28,30)(H,29,34)/t20-,21-,23-/m1/s1. The van der Waals surface area contributed by atoms with Gasteiger partial charge in [-0.3, -0.25) is 14.5 Å². The largest absolute Gasteiger partial charge is 0.390 e. The predicted molar refractivity (Wildman–Crippen MR) is 129 cm³/mol. The van der Waals surface area contributed by atoms with Crippen LogP contribution in [0.4, 0.5) is 4.39 Å². The zero-order chi connectivity index (χ0) is 25.3. The maximum absolute atomic E-state index is 14.8. The SMILES string of the molecule is COCC[C@H](c1cc(F)cc(C(=O)N[C@@H]2c3ccccc3C[C@H]2O)c1)N1C(=O)CC(C)(C)N=C1N. The number of aliphatic hydroxyl groups excluding tert-OH is 1. The summed E-state index contributed by atoms with van der Waals surface area (Å²) in [5.41, 5.74) is 7.84. The summed E-state index contributed by atoms with van der Waals surface area (Å²) in [6.45, 7) is 3.92. The van der Waals surface area contributed by atoms with Crippen LogP contribution in [0.15, 0.2) is 47.5 Å². The Morgan fingerprint density at radius 2 is 2.09 bits per heavy atom. The number of amides is 2. The molecule has 0 saturated heterocycles. The minimum atomic E-state index is -0.774. The molecular weight excluding hydrogens is 451 g/mol. The quantitative estimate of drug-likeness (QED) is 0.561. The highest BCUT2D eigenvalue weighted by molar-refractivity contribution is 5.99. The van der Waals surface area contributed by atoms with Crippen LogP contribution in [0, 0.1) is 5.82 Å². The van der Waals surface area contributed by atoms with Crippen molar-refractivity contribution in [2.75, 3.05) is 13.7 Å². The third kappa shape index (κ3) is 5.21. The normalized spacial score (nSPS) is 21.9. The number of fused-ring (bicyclic) bond motifs is 1. The van der Waals surface area contributed by atoms with E-state index in [4.69, 9.17) is 10.5 Å². The summed E-state index contributed by atoms with van der Waals surface area (Å²) in [7, 11) is 1.53. The molecule has 4 N–H and O–H groups in total. The van der Waals surface area contributed by atoms with Crippen LogP contribution in [0.25, 0.3) is 0 Å². The molecule has 0 aromatic heterocycles. The molecule has 0 saturated carbocycles. The molecule has 1 heterocycles. The highest BCUT2D eigenvalue weighted by atomic mass is 19.1. The van der Waals surface area contributed by atoms with Gasteiger partial charge in [-0.2, -0.15) is 0 Å². The Morgan fingerprint density at radius 3 is 2.80 bits per heavy atom. The molecule has 2 aromatic carbocycles. The van der Waals surface area contributed by atoms with Crippen LogP contribution in [0.3, 0.4) is 0 Å².